The third-order valence-electron chi connectivity index (χ3n) is 3.31. The summed E-state index contributed by atoms with van der Waals surface area (Å²) in [5.74, 6) is 0.435. The van der Waals surface area contributed by atoms with Crippen molar-refractivity contribution in [2.45, 2.75) is 20.8 Å². The van der Waals surface area contributed by atoms with Gasteiger partial charge in [-0.25, -0.2) is 4.79 Å². The van der Waals surface area contributed by atoms with Gasteiger partial charge in [-0.1, -0.05) is 22.0 Å². The Labute approximate surface area is 141 Å². The number of carbonyl (C=O) groups is 1. The molecule has 1 amide bonds. The second kappa shape index (κ2) is 6.78. The number of hydrogen-bond donors (Lipinski definition) is 1. The molecule has 0 aliphatic carbocycles. The van der Waals surface area contributed by atoms with Gasteiger partial charge in [-0.15, -0.1) is 0 Å². The Balaban J connectivity index is 2.16. The van der Waals surface area contributed by atoms with Crippen molar-refractivity contribution in [2.75, 3.05) is 5.32 Å². The van der Waals surface area contributed by atoms with Crippen molar-refractivity contribution < 1.29 is 14.5 Å². The van der Waals surface area contributed by atoms with Crippen molar-refractivity contribution in [1.82, 2.24) is 0 Å². The summed E-state index contributed by atoms with van der Waals surface area (Å²) in [6.07, 6.45) is -0.701. The molecule has 0 atom stereocenters. The van der Waals surface area contributed by atoms with Crippen LogP contribution in [-0.4, -0.2) is 11.0 Å². The molecule has 0 radical (unpaired) electrons. The van der Waals surface area contributed by atoms with E-state index in [1.165, 1.54) is 6.07 Å². The fraction of sp³-hybridized carbons (Fsp3) is 0.188. The molecule has 120 valence electrons. The molecule has 0 saturated heterocycles. The number of rotatable bonds is 3. The summed E-state index contributed by atoms with van der Waals surface area (Å²) < 4.78 is 6.20. The molecule has 7 heteroatoms. The third kappa shape index (κ3) is 4.07. The summed E-state index contributed by atoms with van der Waals surface area (Å²) in [4.78, 5) is 22.4. The first-order valence-electron chi connectivity index (χ1n) is 6.78. The maximum atomic E-state index is 12.0. The smallest absolute Gasteiger partial charge is 0.410 e. The Morgan fingerprint density at radius 3 is 2.48 bits per heavy atom. The van der Waals surface area contributed by atoms with Crippen LogP contribution in [0.15, 0.2) is 34.8 Å². The fourth-order valence-corrected chi connectivity index (χ4v) is 2.45. The van der Waals surface area contributed by atoms with Gasteiger partial charge in [0.1, 0.15) is 5.75 Å². The average Bonchev–Trinajstić information content (AvgIpc) is 2.46. The molecular weight excluding hydrogens is 364 g/mol. The van der Waals surface area contributed by atoms with Gasteiger partial charge in [-0.2, -0.15) is 0 Å². The Hall–Kier alpha value is -2.41. The normalized spacial score (nSPS) is 10.3. The topological polar surface area (TPSA) is 81.5 Å². The standard InChI is InChI=1S/C16H15BrN2O4/c1-9-4-5-12(8-14(9)19(21)22)18-16(20)23-15-7-10(2)13(17)6-11(15)3/h4-8H,1-3H3,(H,18,20). The predicted octanol–water partition coefficient (Wildman–Crippen LogP) is 4.89. The number of anilines is 1. The van der Waals surface area contributed by atoms with Crippen LogP contribution in [0, 0.1) is 30.9 Å². The number of nitrogens with zero attached hydrogens (tertiary/aromatic N) is 1. The van der Waals surface area contributed by atoms with Crippen LogP contribution in [0.1, 0.15) is 16.7 Å². The summed E-state index contributed by atoms with van der Waals surface area (Å²) in [6.45, 7) is 5.34. The highest BCUT2D eigenvalue weighted by Gasteiger charge is 2.14. The van der Waals surface area contributed by atoms with Crippen molar-refractivity contribution >= 4 is 33.4 Å². The van der Waals surface area contributed by atoms with Crippen molar-refractivity contribution in [3.63, 3.8) is 0 Å². The molecule has 23 heavy (non-hydrogen) atoms. The van der Waals surface area contributed by atoms with E-state index in [-0.39, 0.29) is 5.69 Å². The number of nitro groups is 1. The number of nitro benzene ring substituents is 1. The first-order chi connectivity index (χ1) is 10.8. The molecule has 0 saturated carbocycles. The summed E-state index contributed by atoms with van der Waals surface area (Å²) in [7, 11) is 0. The number of halogens is 1. The van der Waals surface area contributed by atoms with Gasteiger partial charge < -0.3 is 4.74 Å². The minimum atomic E-state index is -0.701. The lowest BCUT2D eigenvalue weighted by atomic mass is 10.1. The molecule has 0 heterocycles. The first kappa shape index (κ1) is 17.0. The zero-order valence-corrected chi connectivity index (χ0v) is 14.4. The van der Waals surface area contributed by atoms with Crippen LogP contribution in [0.4, 0.5) is 16.2 Å². The number of benzene rings is 2. The zero-order chi connectivity index (χ0) is 17.1. The van der Waals surface area contributed by atoms with Crippen molar-refractivity contribution in [1.29, 1.82) is 0 Å². The lowest BCUT2D eigenvalue weighted by Gasteiger charge is -2.11. The molecule has 2 rings (SSSR count). The van der Waals surface area contributed by atoms with Crippen LogP contribution >= 0.6 is 15.9 Å². The second-order valence-electron chi connectivity index (χ2n) is 5.14. The zero-order valence-electron chi connectivity index (χ0n) is 12.8. The SMILES string of the molecule is Cc1cc(OC(=O)Nc2ccc(C)c([N+](=O)[O-])c2)c(C)cc1Br. The Morgan fingerprint density at radius 1 is 1.13 bits per heavy atom. The van der Waals surface area contributed by atoms with Gasteiger partial charge in [0.2, 0.25) is 0 Å². The highest BCUT2D eigenvalue weighted by Crippen LogP contribution is 2.27. The summed E-state index contributed by atoms with van der Waals surface area (Å²) in [5.41, 5.74) is 2.50. The van der Waals surface area contributed by atoms with Crippen LogP contribution in [0.2, 0.25) is 0 Å². The molecule has 6 nitrogen and oxygen atoms in total. The highest BCUT2D eigenvalue weighted by molar-refractivity contribution is 9.10. The summed E-state index contributed by atoms with van der Waals surface area (Å²) in [6, 6.07) is 8.06. The van der Waals surface area contributed by atoms with E-state index in [1.807, 2.05) is 19.9 Å². The summed E-state index contributed by atoms with van der Waals surface area (Å²) >= 11 is 3.41. The van der Waals surface area contributed by atoms with E-state index in [0.29, 0.717) is 17.0 Å². The number of amides is 1. The maximum absolute atomic E-state index is 12.0. The quantitative estimate of drug-likeness (QED) is 0.608. The monoisotopic (exact) mass is 378 g/mol. The van der Waals surface area contributed by atoms with E-state index < -0.39 is 11.0 Å². The average molecular weight is 379 g/mol. The largest absolute Gasteiger partial charge is 0.417 e. The van der Waals surface area contributed by atoms with E-state index in [1.54, 1.807) is 25.1 Å². The Morgan fingerprint density at radius 2 is 1.83 bits per heavy atom. The van der Waals surface area contributed by atoms with E-state index in [0.717, 1.165) is 15.6 Å². The molecule has 2 aromatic carbocycles. The van der Waals surface area contributed by atoms with Crippen LogP contribution in [0.3, 0.4) is 0 Å². The fourth-order valence-electron chi connectivity index (χ4n) is 1.99. The molecule has 0 bridgehead atoms. The van der Waals surface area contributed by atoms with E-state index in [4.69, 9.17) is 4.74 Å². The number of aryl methyl sites for hydroxylation is 3. The van der Waals surface area contributed by atoms with Crippen molar-refractivity contribution in [3.05, 3.63) is 61.6 Å². The van der Waals surface area contributed by atoms with E-state index >= 15 is 0 Å². The number of ether oxygens (including phenoxy) is 1. The van der Waals surface area contributed by atoms with Gasteiger partial charge in [0.05, 0.1) is 10.6 Å². The van der Waals surface area contributed by atoms with Crippen LogP contribution in [0.25, 0.3) is 0 Å². The predicted molar refractivity (Wildman–Crippen MR) is 91.1 cm³/mol. The lowest BCUT2D eigenvalue weighted by molar-refractivity contribution is -0.385. The minimum Gasteiger partial charge on any atom is -0.410 e. The van der Waals surface area contributed by atoms with Gasteiger partial charge in [0.15, 0.2) is 0 Å². The molecule has 0 aliphatic heterocycles. The summed E-state index contributed by atoms with van der Waals surface area (Å²) in [5, 5.41) is 13.4. The molecule has 2 aromatic rings. The second-order valence-corrected chi connectivity index (χ2v) is 5.99. The van der Waals surface area contributed by atoms with Gasteiger partial charge in [-0.05, 0) is 50.1 Å². The van der Waals surface area contributed by atoms with Gasteiger partial charge in [-0.3, -0.25) is 15.4 Å². The molecule has 0 aromatic heterocycles. The van der Waals surface area contributed by atoms with Crippen LogP contribution in [0.5, 0.6) is 5.75 Å². The molecular formula is C16H15BrN2O4. The molecule has 0 unspecified atom stereocenters. The maximum Gasteiger partial charge on any atom is 0.417 e. The Bertz CT molecular complexity index is 790. The highest BCUT2D eigenvalue weighted by atomic mass is 79.9. The van der Waals surface area contributed by atoms with Gasteiger partial charge >= 0.3 is 6.09 Å². The number of hydrogen-bond acceptors (Lipinski definition) is 4. The molecule has 0 fully saturated rings. The number of nitrogens with one attached hydrogen (secondary N) is 1. The molecule has 1 N–H and O–H groups in total. The van der Waals surface area contributed by atoms with E-state index in [9.17, 15) is 14.9 Å². The van der Waals surface area contributed by atoms with E-state index in [2.05, 4.69) is 21.2 Å². The Kier molecular flexibility index (Phi) is 5.00. The third-order valence-corrected chi connectivity index (χ3v) is 4.17. The number of carbonyl (C=O) groups excluding carboxylic acids is 1. The lowest BCUT2D eigenvalue weighted by Crippen LogP contribution is -2.17. The van der Waals surface area contributed by atoms with Gasteiger partial charge in [0, 0.05) is 16.1 Å². The minimum absolute atomic E-state index is 0.0570. The van der Waals surface area contributed by atoms with Crippen molar-refractivity contribution in [2.24, 2.45) is 0 Å². The molecule has 0 spiro atoms. The molecule has 0 aliphatic rings. The van der Waals surface area contributed by atoms with Gasteiger partial charge in [0.25, 0.3) is 5.69 Å². The van der Waals surface area contributed by atoms with Crippen LogP contribution < -0.4 is 10.1 Å². The van der Waals surface area contributed by atoms with Crippen LogP contribution in [-0.2, 0) is 0 Å². The first-order valence-corrected chi connectivity index (χ1v) is 7.58. The van der Waals surface area contributed by atoms with Crippen molar-refractivity contribution in [3.8, 4) is 5.75 Å².